The number of nitrogens with zero attached hydrogens (tertiary/aromatic N) is 1. The Morgan fingerprint density at radius 3 is 2.50 bits per heavy atom. The highest BCUT2D eigenvalue weighted by Crippen LogP contribution is 2.15. The van der Waals surface area contributed by atoms with Crippen LogP contribution in [-0.2, 0) is 7.05 Å². The molecule has 0 aromatic carbocycles. The molecule has 20 heavy (non-hydrogen) atoms. The molecule has 0 spiro atoms. The molecule has 1 rings (SSSR count). The summed E-state index contributed by atoms with van der Waals surface area (Å²) in [7, 11) is 1.31. The van der Waals surface area contributed by atoms with Crippen molar-refractivity contribution in [3.63, 3.8) is 0 Å². The molecule has 1 heterocycles. The highest BCUT2D eigenvalue weighted by molar-refractivity contribution is 5.94. The van der Waals surface area contributed by atoms with Crippen molar-refractivity contribution in [2.45, 2.75) is 26.3 Å². The standard InChI is InChI=1S/C12H20N4O3.ClH/c1-7(2)12(3,6-13)15-9(17)8-5-14-11(19)16(4)10(8)18;/h5,7H,6,13H2,1-4H3,(H,14,19)(H,15,17);1H. The van der Waals surface area contributed by atoms with Crippen LogP contribution in [0.2, 0.25) is 0 Å². The summed E-state index contributed by atoms with van der Waals surface area (Å²) in [6.07, 6.45) is 1.12. The summed E-state index contributed by atoms with van der Waals surface area (Å²) in [6.45, 7) is 5.92. The Balaban J connectivity index is 0.00000361. The second-order valence-electron chi connectivity index (χ2n) is 5.10. The van der Waals surface area contributed by atoms with Crippen molar-refractivity contribution in [1.82, 2.24) is 14.9 Å². The first kappa shape index (κ1) is 18.4. The lowest BCUT2D eigenvalue weighted by Crippen LogP contribution is -2.56. The van der Waals surface area contributed by atoms with Crippen molar-refractivity contribution < 1.29 is 4.79 Å². The topological polar surface area (TPSA) is 110 Å². The lowest BCUT2D eigenvalue weighted by atomic mass is 9.88. The fraction of sp³-hybridized carbons (Fsp3) is 0.583. The summed E-state index contributed by atoms with van der Waals surface area (Å²) in [5.41, 5.74) is 3.75. The fourth-order valence-corrected chi connectivity index (χ4v) is 1.49. The summed E-state index contributed by atoms with van der Waals surface area (Å²) >= 11 is 0. The largest absolute Gasteiger partial charge is 0.345 e. The van der Waals surface area contributed by atoms with E-state index in [1.165, 1.54) is 7.05 Å². The maximum Gasteiger partial charge on any atom is 0.328 e. The molecule has 0 aliphatic heterocycles. The van der Waals surface area contributed by atoms with Gasteiger partial charge in [-0.3, -0.25) is 14.2 Å². The van der Waals surface area contributed by atoms with E-state index < -0.39 is 22.7 Å². The molecule has 7 nitrogen and oxygen atoms in total. The Labute approximate surface area is 123 Å². The predicted molar refractivity (Wildman–Crippen MR) is 79.3 cm³/mol. The van der Waals surface area contributed by atoms with Crippen molar-refractivity contribution in [3.8, 4) is 0 Å². The zero-order valence-corrected chi connectivity index (χ0v) is 12.8. The summed E-state index contributed by atoms with van der Waals surface area (Å²) < 4.78 is 0.851. The van der Waals surface area contributed by atoms with Gasteiger partial charge in [-0.05, 0) is 12.8 Å². The maximum absolute atomic E-state index is 12.1. The number of amides is 1. The molecule has 1 aromatic rings. The lowest BCUT2D eigenvalue weighted by molar-refractivity contribution is 0.0880. The van der Waals surface area contributed by atoms with Crippen LogP contribution in [0.3, 0.4) is 0 Å². The van der Waals surface area contributed by atoms with Crippen LogP contribution in [0, 0.1) is 5.92 Å². The van der Waals surface area contributed by atoms with Crippen LogP contribution >= 0.6 is 12.4 Å². The van der Waals surface area contributed by atoms with Crippen LogP contribution in [0.1, 0.15) is 31.1 Å². The van der Waals surface area contributed by atoms with Crippen molar-refractivity contribution in [2.75, 3.05) is 6.54 Å². The summed E-state index contributed by atoms with van der Waals surface area (Å²) in [5.74, 6) is -0.438. The number of nitrogens with one attached hydrogen (secondary N) is 2. The molecule has 1 aromatic heterocycles. The molecule has 1 atom stereocenters. The van der Waals surface area contributed by atoms with E-state index in [4.69, 9.17) is 5.73 Å². The zero-order valence-electron chi connectivity index (χ0n) is 12.0. The summed E-state index contributed by atoms with van der Waals surface area (Å²) in [6, 6.07) is 0. The monoisotopic (exact) mass is 304 g/mol. The van der Waals surface area contributed by atoms with Gasteiger partial charge in [0.05, 0.1) is 5.54 Å². The predicted octanol–water partition coefficient (Wildman–Crippen LogP) is -0.401. The van der Waals surface area contributed by atoms with Gasteiger partial charge in [0.1, 0.15) is 5.56 Å². The summed E-state index contributed by atoms with van der Waals surface area (Å²) in [5, 5.41) is 2.75. The third-order valence-electron chi connectivity index (χ3n) is 3.52. The number of carbonyl (C=O) groups excluding carboxylic acids is 1. The number of aromatic nitrogens is 2. The van der Waals surface area contributed by atoms with E-state index in [1.54, 1.807) is 0 Å². The van der Waals surface area contributed by atoms with Gasteiger partial charge >= 0.3 is 5.69 Å². The highest BCUT2D eigenvalue weighted by atomic mass is 35.5. The third-order valence-corrected chi connectivity index (χ3v) is 3.52. The number of halogens is 1. The SMILES string of the molecule is CC(C)C(C)(CN)NC(=O)c1c[nH]c(=O)n(C)c1=O.Cl. The molecule has 0 fully saturated rings. The molecule has 0 bridgehead atoms. The Bertz CT molecular complexity index is 593. The van der Waals surface area contributed by atoms with Gasteiger partial charge in [-0.1, -0.05) is 13.8 Å². The molecule has 0 saturated carbocycles. The average Bonchev–Trinajstić information content (AvgIpc) is 2.35. The molecule has 1 unspecified atom stereocenters. The third kappa shape index (κ3) is 3.49. The minimum Gasteiger partial charge on any atom is -0.345 e. The van der Waals surface area contributed by atoms with E-state index in [9.17, 15) is 14.4 Å². The van der Waals surface area contributed by atoms with Crippen LogP contribution < -0.4 is 22.3 Å². The van der Waals surface area contributed by atoms with E-state index in [0.717, 1.165) is 10.8 Å². The minimum absolute atomic E-state index is 0. The van der Waals surface area contributed by atoms with Crippen LogP contribution in [0.4, 0.5) is 0 Å². The first-order valence-corrected chi connectivity index (χ1v) is 6.04. The van der Waals surface area contributed by atoms with Crippen molar-refractivity contribution in [3.05, 3.63) is 32.6 Å². The van der Waals surface area contributed by atoms with Gasteiger partial charge in [0, 0.05) is 19.8 Å². The first-order chi connectivity index (χ1) is 8.73. The molecule has 0 aliphatic rings. The number of hydrogen-bond donors (Lipinski definition) is 3. The van der Waals surface area contributed by atoms with E-state index in [0.29, 0.717) is 0 Å². The quantitative estimate of drug-likeness (QED) is 0.703. The molecule has 0 aliphatic carbocycles. The van der Waals surface area contributed by atoms with Gasteiger partial charge in [0.15, 0.2) is 0 Å². The summed E-state index contributed by atoms with van der Waals surface area (Å²) in [4.78, 5) is 37.5. The van der Waals surface area contributed by atoms with E-state index in [1.807, 2.05) is 20.8 Å². The first-order valence-electron chi connectivity index (χ1n) is 6.04. The number of carbonyl (C=O) groups is 1. The molecule has 8 heteroatoms. The van der Waals surface area contributed by atoms with E-state index in [-0.39, 0.29) is 30.4 Å². The van der Waals surface area contributed by atoms with Gasteiger partial charge in [-0.25, -0.2) is 4.79 Å². The number of nitrogens with two attached hydrogens (primary N) is 1. The molecule has 0 saturated heterocycles. The second-order valence-corrected chi connectivity index (χ2v) is 5.10. The van der Waals surface area contributed by atoms with Gasteiger partial charge in [-0.15, -0.1) is 12.4 Å². The number of H-pyrrole nitrogens is 1. The van der Waals surface area contributed by atoms with Gasteiger partial charge in [0.2, 0.25) is 0 Å². The Morgan fingerprint density at radius 1 is 1.50 bits per heavy atom. The fourth-order valence-electron chi connectivity index (χ4n) is 1.49. The second kappa shape index (κ2) is 6.71. The van der Waals surface area contributed by atoms with Gasteiger partial charge in [0.25, 0.3) is 11.5 Å². The normalized spacial score (nSPS) is 13.5. The number of hydrogen-bond acceptors (Lipinski definition) is 4. The molecular weight excluding hydrogens is 284 g/mol. The van der Waals surface area contributed by atoms with E-state index >= 15 is 0 Å². The van der Waals surface area contributed by atoms with Crippen LogP contribution in [0.15, 0.2) is 15.8 Å². The average molecular weight is 305 g/mol. The Hall–Kier alpha value is -1.60. The number of rotatable bonds is 4. The smallest absolute Gasteiger partial charge is 0.328 e. The van der Waals surface area contributed by atoms with Gasteiger partial charge in [-0.2, -0.15) is 0 Å². The molecule has 4 N–H and O–H groups in total. The molecule has 114 valence electrons. The Kier molecular flexibility index (Phi) is 6.18. The zero-order chi connectivity index (χ0) is 14.8. The van der Waals surface area contributed by atoms with Crippen LogP contribution in [-0.4, -0.2) is 27.5 Å². The lowest BCUT2D eigenvalue weighted by Gasteiger charge is -2.33. The molecular formula is C12H21ClN4O3. The van der Waals surface area contributed by atoms with E-state index in [2.05, 4.69) is 10.3 Å². The maximum atomic E-state index is 12.1. The van der Waals surface area contributed by atoms with Gasteiger partial charge < -0.3 is 16.0 Å². The molecule has 1 amide bonds. The van der Waals surface area contributed by atoms with Crippen molar-refractivity contribution in [1.29, 1.82) is 0 Å². The minimum atomic E-state index is -0.635. The van der Waals surface area contributed by atoms with Crippen LogP contribution in [0.5, 0.6) is 0 Å². The van der Waals surface area contributed by atoms with Crippen LogP contribution in [0.25, 0.3) is 0 Å². The number of aromatic amines is 1. The van der Waals surface area contributed by atoms with Crippen molar-refractivity contribution in [2.24, 2.45) is 18.7 Å². The highest BCUT2D eigenvalue weighted by Gasteiger charge is 2.29. The Morgan fingerprint density at radius 2 is 2.05 bits per heavy atom. The molecule has 0 radical (unpaired) electrons. The van der Waals surface area contributed by atoms with Crippen molar-refractivity contribution >= 4 is 18.3 Å².